The maximum atomic E-state index is 13.8. The van der Waals surface area contributed by atoms with E-state index >= 15 is 0 Å². The van der Waals surface area contributed by atoms with E-state index in [0.717, 1.165) is 0 Å². The molecule has 1 aliphatic rings. The van der Waals surface area contributed by atoms with Crippen LogP contribution in [0.4, 0.5) is 8.78 Å². The van der Waals surface area contributed by atoms with Crippen molar-refractivity contribution in [3.8, 4) is 6.07 Å². The van der Waals surface area contributed by atoms with E-state index < -0.39 is 17.0 Å². The van der Waals surface area contributed by atoms with Gasteiger partial charge in [0.1, 0.15) is 11.6 Å². The van der Waals surface area contributed by atoms with Gasteiger partial charge in [0.25, 0.3) is 0 Å². The highest BCUT2D eigenvalue weighted by molar-refractivity contribution is 5.45. The SMILES string of the molecule is Cc1cc(C)c(F)c(C2(C#N)CC2)c1F. The molecule has 0 N–H and O–H groups in total. The van der Waals surface area contributed by atoms with Crippen molar-refractivity contribution in [3.63, 3.8) is 0 Å². The second kappa shape index (κ2) is 3.03. The first-order valence-electron chi connectivity index (χ1n) is 4.89. The molecule has 15 heavy (non-hydrogen) atoms. The summed E-state index contributed by atoms with van der Waals surface area (Å²) in [6.07, 6.45) is 1.11. The molecule has 1 aliphatic carbocycles. The summed E-state index contributed by atoms with van der Waals surface area (Å²) in [5, 5.41) is 8.96. The standard InChI is InChI=1S/C12H11F2N/c1-7-5-8(2)11(14)9(10(7)13)12(6-15)3-4-12/h5H,3-4H2,1-2H3. The van der Waals surface area contributed by atoms with E-state index in [-0.39, 0.29) is 5.56 Å². The van der Waals surface area contributed by atoms with Crippen LogP contribution in [0.15, 0.2) is 6.07 Å². The Kier molecular flexibility index (Phi) is 2.04. The highest BCUT2D eigenvalue weighted by Gasteiger charge is 2.49. The number of rotatable bonds is 1. The van der Waals surface area contributed by atoms with Gasteiger partial charge in [0, 0.05) is 5.56 Å². The molecule has 0 saturated heterocycles. The van der Waals surface area contributed by atoms with E-state index in [4.69, 9.17) is 5.26 Å². The smallest absolute Gasteiger partial charge is 0.133 e. The number of nitriles is 1. The number of halogens is 2. The molecule has 0 atom stereocenters. The number of aryl methyl sites for hydroxylation is 2. The Morgan fingerprint density at radius 2 is 1.67 bits per heavy atom. The summed E-state index contributed by atoms with van der Waals surface area (Å²) in [5.74, 6) is -1.12. The number of nitrogens with zero attached hydrogens (tertiary/aromatic N) is 1. The molecule has 1 fully saturated rings. The lowest BCUT2D eigenvalue weighted by molar-refractivity contribution is 0.532. The number of hydrogen-bond acceptors (Lipinski definition) is 1. The van der Waals surface area contributed by atoms with Gasteiger partial charge < -0.3 is 0 Å². The molecule has 0 bridgehead atoms. The second-order valence-electron chi connectivity index (χ2n) is 4.21. The summed E-state index contributed by atoms with van der Waals surface area (Å²) in [6.45, 7) is 3.19. The highest BCUT2D eigenvalue weighted by Crippen LogP contribution is 2.50. The molecule has 0 unspecified atom stereocenters. The quantitative estimate of drug-likeness (QED) is 0.694. The van der Waals surface area contributed by atoms with Gasteiger partial charge >= 0.3 is 0 Å². The minimum absolute atomic E-state index is 0.0255. The van der Waals surface area contributed by atoms with Gasteiger partial charge in [0.15, 0.2) is 0 Å². The summed E-state index contributed by atoms with van der Waals surface area (Å²) in [5.41, 5.74) is -0.108. The lowest BCUT2D eigenvalue weighted by Gasteiger charge is -2.13. The molecule has 0 spiro atoms. The molecule has 1 aromatic carbocycles. The third kappa shape index (κ3) is 1.32. The minimum atomic E-state index is -0.898. The third-order valence-corrected chi connectivity index (χ3v) is 3.01. The van der Waals surface area contributed by atoms with Gasteiger partial charge in [-0.3, -0.25) is 0 Å². The Bertz CT molecular complexity index is 441. The first-order chi connectivity index (χ1) is 7.02. The molecule has 3 heteroatoms. The molecule has 0 heterocycles. The van der Waals surface area contributed by atoms with Crippen molar-refractivity contribution in [2.75, 3.05) is 0 Å². The Morgan fingerprint density at radius 3 is 2.00 bits per heavy atom. The van der Waals surface area contributed by atoms with Gasteiger partial charge in [-0.1, -0.05) is 6.07 Å². The molecular formula is C12H11F2N. The van der Waals surface area contributed by atoms with Crippen LogP contribution < -0.4 is 0 Å². The fourth-order valence-electron chi connectivity index (χ4n) is 1.91. The van der Waals surface area contributed by atoms with Gasteiger partial charge in [-0.05, 0) is 37.8 Å². The average Bonchev–Trinajstić information content (AvgIpc) is 2.96. The molecule has 0 aliphatic heterocycles. The average molecular weight is 207 g/mol. The Labute approximate surface area is 87.3 Å². The summed E-state index contributed by atoms with van der Waals surface area (Å²) in [7, 11) is 0. The third-order valence-electron chi connectivity index (χ3n) is 3.01. The number of benzene rings is 1. The maximum absolute atomic E-state index is 13.8. The zero-order valence-corrected chi connectivity index (χ0v) is 8.69. The minimum Gasteiger partial charge on any atom is -0.206 e. The van der Waals surface area contributed by atoms with Gasteiger partial charge in [0.05, 0.1) is 11.5 Å². The molecular weight excluding hydrogens is 196 g/mol. The maximum Gasteiger partial charge on any atom is 0.133 e. The zero-order chi connectivity index (χ0) is 11.2. The van der Waals surface area contributed by atoms with Crippen molar-refractivity contribution in [1.29, 1.82) is 5.26 Å². The summed E-state index contributed by atoms with van der Waals surface area (Å²) < 4.78 is 27.5. The summed E-state index contributed by atoms with van der Waals surface area (Å²) >= 11 is 0. The molecule has 2 rings (SSSR count). The lowest BCUT2D eigenvalue weighted by atomic mass is 9.92. The van der Waals surface area contributed by atoms with Crippen LogP contribution in [0.1, 0.15) is 29.5 Å². The van der Waals surface area contributed by atoms with Gasteiger partial charge in [-0.2, -0.15) is 5.26 Å². The van der Waals surface area contributed by atoms with E-state index in [0.29, 0.717) is 24.0 Å². The van der Waals surface area contributed by atoms with E-state index in [1.165, 1.54) is 6.07 Å². The molecule has 78 valence electrons. The van der Waals surface area contributed by atoms with Crippen molar-refractivity contribution in [2.24, 2.45) is 0 Å². The highest BCUT2D eigenvalue weighted by atomic mass is 19.1. The predicted octanol–water partition coefficient (Wildman–Crippen LogP) is 3.14. The fourth-order valence-corrected chi connectivity index (χ4v) is 1.91. The Balaban J connectivity index is 2.71. The molecule has 0 aromatic heterocycles. The van der Waals surface area contributed by atoms with Crippen LogP contribution >= 0.6 is 0 Å². The fraction of sp³-hybridized carbons (Fsp3) is 0.417. The van der Waals surface area contributed by atoms with E-state index in [2.05, 4.69) is 0 Å². The first-order valence-corrected chi connectivity index (χ1v) is 4.89. The first kappa shape index (κ1) is 10.1. The van der Waals surface area contributed by atoms with Crippen LogP contribution in [0.25, 0.3) is 0 Å². The normalized spacial score (nSPS) is 17.3. The summed E-state index contributed by atoms with van der Waals surface area (Å²) in [6, 6.07) is 3.50. The van der Waals surface area contributed by atoms with Gasteiger partial charge in [0.2, 0.25) is 0 Å². The molecule has 1 nitrogen and oxygen atoms in total. The zero-order valence-electron chi connectivity index (χ0n) is 8.69. The largest absolute Gasteiger partial charge is 0.206 e. The van der Waals surface area contributed by atoms with E-state index in [9.17, 15) is 8.78 Å². The monoisotopic (exact) mass is 207 g/mol. The summed E-state index contributed by atoms with van der Waals surface area (Å²) in [4.78, 5) is 0. The van der Waals surface area contributed by atoms with Gasteiger partial charge in [-0.25, -0.2) is 8.78 Å². The van der Waals surface area contributed by atoms with Crippen LogP contribution in [0, 0.1) is 36.8 Å². The van der Waals surface area contributed by atoms with Crippen molar-refractivity contribution in [3.05, 3.63) is 34.4 Å². The molecule has 1 aromatic rings. The topological polar surface area (TPSA) is 23.8 Å². The van der Waals surface area contributed by atoms with E-state index in [1.807, 2.05) is 6.07 Å². The van der Waals surface area contributed by atoms with Crippen molar-refractivity contribution < 1.29 is 8.78 Å². The lowest BCUT2D eigenvalue weighted by Crippen LogP contribution is -2.12. The number of hydrogen-bond donors (Lipinski definition) is 0. The molecule has 0 amide bonds. The van der Waals surface area contributed by atoms with Gasteiger partial charge in [-0.15, -0.1) is 0 Å². The van der Waals surface area contributed by atoms with Crippen LogP contribution in [0.5, 0.6) is 0 Å². The van der Waals surface area contributed by atoms with Crippen molar-refractivity contribution in [2.45, 2.75) is 32.1 Å². The van der Waals surface area contributed by atoms with E-state index in [1.54, 1.807) is 13.8 Å². The van der Waals surface area contributed by atoms with Crippen LogP contribution in [-0.2, 0) is 5.41 Å². The molecule has 0 radical (unpaired) electrons. The molecule has 1 saturated carbocycles. The Morgan fingerprint density at radius 1 is 1.20 bits per heavy atom. The van der Waals surface area contributed by atoms with Crippen LogP contribution in [-0.4, -0.2) is 0 Å². The Hall–Kier alpha value is -1.43. The van der Waals surface area contributed by atoms with Crippen molar-refractivity contribution in [1.82, 2.24) is 0 Å². The van der Waals surface area contributed by atoms with Crippen LogP contribution in [0.3, 0.4) is 0 Å². The van der Waals surface area contributed by atoms with Crippen LogP contribution in [0.2, 0.25) is 0 Å². The predicted molar refractivity (Wildman–Crippen MR) is 52.4 cm³/mol. The second-order valence-corrected chi connectivity index (χ2v) is 4.21. The van der Waals surface area contributed by atoms with Crippen molar-refractivity contribution >= 4 is 0 Å².